The van der Waals surface area contributed by atoms with Crippen molar-refractivity contribution >= 4 is 51.3 Å². The van der Waals surface area contributed by atoms with Crippen LogP contribution >= 0.6 is 11.8 Å². The molecule has 1 heterocycles. The van der Waals surface area contributed by atoms with Gasteiger partial charge < -0.3 is 15.2 Å². The number of aliphatic imine (C=N–C) groups is 1. The molecule has 2 N–H and O–H groups in total. The molecule has 0 unspecified atom stereocenters. The van der Waals surface area contributed by atoms with Crippen LogP contribution in [0.4, 0.5) is 5.69 Å². The number of hydrogen-bond donors (Lipinski definition) is 2. The summed E-state index contributed by atoms with van der Waals surface area (Å²) in [5, 5.41) is 13.0. The second-order valence-corrected chi connectivity index (χ2v) is 8.83. The summed E-state index contributed by atoms with van der Waals surface area (Å²) in [4.78, 5) is 26.5. The molecule has 4 aromatic carbocycles. The second-order valence-electron chi connectivity index (χ2n) is 7.80. The van der Waals surface area contributed by atoms with Gasteiger partial charge in [0.15, 0.2) is 5.17 Å². The first kappa shape index (κ1) is 28.2. The minimum Gasteiger partial charge on any atom is -0.489 e. The number of carboxylic acids is 1. The van der Waals surface area contributed by atoms with Crippen LogP contribution in [0.15, 0.2) is 101 Å². The van der Waals surface area contributed by atoms with Crippen LogP contribution in [0.5, 0.6) is 5.75 Å². The van der Waals surface area contributed by atoms with Crippen LogP contribution in [-0.4, -0.2) is 22.2 Å². The Balaban J connectivity index is 0.000000711. The van der Waals surface area contributed by atoms with E-state index in [-0.39, 0.29) is 35.5 Å². The van der Waals surface area contributed by atoms with Gasteiger partial charge in [0, 0.05) is 6.92 Å². The number of benzene rings is 4. The Morgan fingerprint density at radius 3 is 2.43 bits per heavy atom. The van der Waals surface area contributed by atoms with Crippen molar-refractivity contribution in [3.05, 3.63) is 113 Å². The van der Waals surface area contributed by atoms with Gasteiger partial charge in [0.25, 0.3) is 11.9 Å². The van der Waals surface area contributed by atoms with Crippen molar-refractivity contribution in [2.75, 3.05) is 0 Å². The minimum atomic E-state index is -0.833. The third kappa shape index (κ3) is 8.61. The third-order valence-electron chi connectivity index (χ3n) is 4.96. The molecule has 1 saturated heterocycles. The molecular weight excluding hydrogens is 495 g/mol. The predicted molar refractivity (Wildman–Crippen MR) is 144 cm³/mol. The minimum absolute atomic E-state index is 0. The summed E-state index contributed by atoms with van der Waals surface area (Å²) in [5.41, 5.74) is 2.88. The Morgan fingerprint density at radius 1 is 1.03 bits per heavy atom. The van der Waals surface area contributed by atoms with E-state index in [1.165, 1.54) is 11.8 Å². The van der Waals surface area contributed by atoms with Gasteiger partial charge in [0.05, 0.1) is 4.91 Å². The number of nitrogens with one attached hydrogen (secondary N) is 1. The number of carbonyl (C=O) groups excluding carboxylic acids is 1. The van der Waals surface area contributed by atoms with Gasteiger partial charge in [-0.15, -0.1) is 12.1 Å². The Labute approximate surface area is 241 Å². The first-order chi connectivity index (χ1) is 17.5. The largest absolute Gasteiger partial charge is 1.00 e. The Bertz CT molecular complexity index is 1440. The normalized spacial score (nSPS) is 14.5. The van der Waals surface area contributed by atoms with E-state index in [9.17, 15) is 4.79 Å². The van der Waals surface area contributed by atoms with Gasteiger partial charge >= 0.3 is 29.6 Å². The summed E-state index contributed by atoms with van der Waals surface area (Å²) in [6.45, 7) is 1.62. The quantitative estimate of drug-likeness (QED) is 0.241. The molecule has 180 valence electrons. The zero-order chi connectivity index (χ0) is 25.3. The first-order valence-electron chi connectivity index (χ1n) is 11.1. The van der Waals surface area contributed by atoms with Gasteiger partial charge in [-0.25, -0.2) is 0 Å². The average molecular weight is 519 g/mol. The molecule has 1 amide bonds. The molecule has 1 fully saturated rings. The zero-order valence-corrected chi connectivity index (χ0v) is 23.3. The van der Waals surface area contributed by atoms with Gasteiger partial charge in [-0.1, -0.05) is 48.5 Å². The molecule has 5 rings (SSSR count). The number of amides is 1. The summed E-state index contributed by atoms with van der Waals surface area (Å²) in [6, 6.07) is 32.5. The monoisotopic (exact) mass is 518 g/mol. The van der Waals surface area contributed by atoms with Crippen molar-refractivity contribution < 1.29 is 49.0 Å². The Morgan fingerprint density at radius 2 is 1.70 bits per heavy atom. The fraction of sp³-hybridized carbons (Fsp3) is 0.0690. The summed E-state index contributed by atoms with van der Waals surface area (Å²) >= 11 is 1.34. The second kappa shape index (κ2) is 13.8. The molecule has 1 aliphatic heterocycles. The van der Waals surface area contributed by atoms with Crippen LogP contribution in [0.25, 0.3) is 16.8 Å². The predicted octanol–water partition coefficient (Wildman–Crippen LogP) is 3.21. The van der Waals surface area contributed by atoms with E-state index in [4.69, 9.17) is 14.6 Å². The summed E-state index contributed by atoms with van der Waals surface area (Å²) in [5.74, 6) is -0.140. The van der Waals surface area contributed by atoms with Crippen molar-refractivity contribution in [3.63, 3.8) is 0 Å². The standard InChI is InChI=1S/C27H19N2O2S.C2H4O2.Na/c30-26-25(32-27(29-26)28-23-9-5-2-6-10-23)16-20-11-12-22-17-24(14-13-21(22)15-20)31-18-19-7-3-1-4-8-19;1-2(3)4;/h1,3-17H,18H2,(H,28,29,30);1H3,(H,3,4);/q-1;;+1/b25-16-;;. The number of amidine groups is 1. The van der Waals surface area contributed by atoms with Crippen molar-refractivity contribution in [3.8, 4) is 5.75 Å². The van der Waals surface area contributed by atoms with Crippen LogP contribution in [0.1, 0.15) is 18.1 Å². The van der Waals surface area contributed by atoms with E-state index < -0.39 is 5.97 Å². The van der Waals surface area contributed by atoms with Gasteiger partial charge in [0.1, 0.15) is 12.4 Å². The van der Waals surface area contributed by atoms with Gasteiger partial charge in [-0.2, -0.15) is 18.2 Å². The fourth-order valence-corrected chi connectivity index (χ4v) is 4.21. The van der Waals surface area contributed by atoms with Crippen LogP contribution in [0.3, 0.4) is 0 Å². The van der Waals surface area contributed by atoms with Crippen molar-refractivity contribution in [2.24, 2.45) is 4.99 Å². The summed E-state index contributed by atoms with van der Waals surface area (Å²) < 4.78 is 5.93. The van der Waals surface area contributed by atoms with E-state index in [0.29, 0.717) is 16.7 Å². The third-order valence-corrected chi connectivity index (χ3v) is 5.87. The molecule has 37 heavy (non-hydrogen) atoms. The van der Waals surface area contributed by atoms with E-state index in [0.717, 1.165) is 40.3 Å². The van der Waals surface area contributed by atoms with Gasteiger partial charge in [-0.3, -0.25) is 14.6 Å². The molecule has 0 atom stereocenters. The van der Waals surface area contributed by atoms with E-state index >= 15 is 0 Å². The number of nitrogens with zero attached hydrogens (tertiary/aromatic N) is 1. The molecule has 0 saturated carbocycles. The Hall–Kier alpha value is -3.36. The van der Waals surface area contributed by atoms with Crippen molar-refractivity contribution in [1.29, 1.82) is 0 Å². The number of rotatable bonds is 5. The maximum atomic E-state index is 12.4. The molecule has 0 spiro atoms. The maximum Gasteiger partial charge on any atom is 1.00 e. The number of ether oxygens (including phenoxy) is 1. The summed E-state index contributed by atoms with van der Waals surface area (Å²) in [6.07, 6.45) is 1.89. The molecule has 6 nitrogen and oxygen atoms in total. The van der Waals surface area contributed by atoms with E-state index in [1.54, 1.807) is 12.1 Å². The van der Waals surface area contributed by atoms with Crippen LogP contribution in [0.2, 0.25) is 0 Å². The smallest absolute Gasteiger partial charge is 0.489 e. The number of aliphatic carboxylic acids is 1. The molecule has 0 aliphatic carbocycles. The zero-order valence-electron chi connectivity index (χ0n) is 20.5. The van der Waals surface area contributed by atoms with Crippen molar-refractivity contribution in [1.82, 2.24) is 5.32 Å². The molecular formula is C29H23N2NaO4S. The number of fused-ring (bicyclic) bond motifs is 1. The molecule has 8 heteroatoms. The van der Waals surface area contributed by atoms with E-state index in [1.807, 2.05) is 78.9 Å². The van der Waals surface area contributed by atoms with Crippen LogP contribution in [0, 0.1) is 6.07 Å². The topological polar surface area (TPSA) is 88.0 Å². The molecule has 0 bridgehead atoms. The Kier molecular flexibility index (Phi) is 10.5. The number of carbonyl (C=O) groups is 2. The first-order valence-corrected chi connectivity index (χ1v) is 11.9. The number of hydrogen-bond acceptors (Lipinski definition) is 5. The van der Waals surface area contributed by atoms with Gasteiger partial charge in [-0.05, 0) is 63.6 Å². The van der Waals surface area contributed by atoms with E-state index in [2.05, 4.69) is 22.4 Å². The van der Waals surface area contributed by atoms with Gasteiger partial charge in [0.2, 0.25) is 0 Å². The molecule has 1 aliphatic rings. The fourth-order valence-electron chi connectivity index (χ4n) is 3.36. The number of thioether (sulfide) groups is 1. The number of carboxylic acid groups (broad SMARTS) is 1. The SMILES string of the molecule is CC(=O)O.O=C1NC(=Nc2cc[c-]cc2)S/C1=C\c1ccc2cc(OCc3ccccc3)ccc2c1.[Na+]. The molecule has 0 aromatic heterocycles. The molecule has 0 radical (unpaired) electrons. The van der Waals surface area contributed by atoms with Crippen molar-refractivity contribution in [2.45, 2.75) is 13.5 Å². The maximum absolute atomic E-state index is 12.4. The average Bonchev–Trinajstić information content (AvgIpc) is 3.21. The van der Waals surface area contributed by atoms with Crippen LogP contribution < -0.4 is 39.6 Å². The molecule has 4 aromatic rings. The summed E-state index contributed by atoms with van der Waals surface area (Å²) in [7, 11) is 0. The van der Waals surface area contributed by atoms with Crippen LogP contribution in [-0.2, 0) is 16.2 Å².